The van der Waals surface area contributed by atoms with Gasteiger partial charge in [0.25, 0.3) is 0 Å². The molecule has 2 N–H and O–H groups in total. The van der Waals surface area contributed by atoms with E-state index in [0.717, 1.165) is 0 Å². The van der Waals surface area contributed by atoms with Gasteiger partial charge in [-0.25, -0.2) is 9.52 Å². The minimum absolute atomic E-state index is 0.0127. The highest BCUT2D eigenvalue weighted by atomic mass is 79.9. The van der Waals surface area contributed by atoms with Crippen LogP contribution in [0.25, 0.3) is 0 Å². The summed E-state index contributed by atoms with van der Waals surface area (Å²) in [4.78, 5) is 10.7. The Hall–Kier alpha value is -0.340. The van der Waals surface area contributed by atoms with Crippen molar-refractivity contribution in [3.05, 3.63) is 0 Å². The summed E-state index contributed by atoms with van der Waals surface area (Å²) >= 11 is 3.15. The van der Waals surface area contributed by atoms with Crippen LogP contribution in [-0.2, 0) is 14.9 Å². The lowest BCUT2D eigenvalue weighted by atomic mass is 10.5. The van der Waals surface area contributed by atoms with E-state index < -0.39 is 16.3 Å². The van der Waals surface area contributed by atoms with Gasteiger partial charge in [-0.05, 0) is 6.92 Å². The molecule has 0 aliphatic heterocycles. The molecule has 0 fully saturated rings. The van der Waals surface area contributed by atoms with Crippen molar-refractivity contribution in [1.29, 1.82) is 0 Å². The second-order valence-electron chi connectivity index (χ2n) is 2.46. The Morgan fingerprint density at radius 1 is 1.57 bits per heavy atom. The first-order valence-electron chi connectivity index (χ1n) is 3.95. The first-order valence-corrected chi connectivity index (χ1v) is 6.35. The molecule has 1 unspecified atom stereocenters. The molecule has 0 aliphatic carbocycles. The summed E-state index contributed by atoms with van der Waals surface area (Å²) in [6.45, 7) is 3.66. The molecule has 0 aromatic rings. The van der Waals surface area contributed by atoms with Crippen LogP contribution in [0.2, 0.25) is 0 Å². The largest absolute Gasteiger partial charge is 0.449 e. The van der Waals surface area contributed by atoms with Gasteiger partial charge in [-0.3, -0.25) is 0 Å². The highest BCUT2D eigenvalue weighted by molar-refractivity contribution is 9.09. The van der Waals surface area contributed by atoms with Gasteiger partial charge < -0.3 is 4.74 Å². The first-order chi connectivity index (χ1) is 6.37. The Morgan fingerprint density at radius 3 is 2.57 bits per heavy atom. The molecular formula is C6H13BrN2O4S. The Labute approximate surface area is 91.7 Å². The predicted octanol–water partition coefficient (Wildman–Crippen LogP) is 0.350. The normalized spacial score (nSPS) is 13.4. The topological polar surface area (TPSA) is 84.5 Å². The van der Waals surface area contributed by atoms with Crippen molar-refractivity contribution in [2.24, 2.45) is 0 Å². The Kier molecular flexibility index (Phi) is 6.05. The van der Waals surface area contributed by atoms with Crippen LogP contribution in [0.5, 0.6) is 0 Å². The van der Waals surface area contributed by atoms with E-state index in [4.69, 9.17) is 0 Å². The molecule has 0 aromatic heterocycles. The van der Waals surface area contributed by atoms with Gasteiger partial charge in [0.1, 0.15) is 0 Å². The maximum atomic E-state index is 11.1. The molecule has 0 radical (unpaired) electrons. The van der Waals surface area contributed by atoms with Crippen molar-refractivity contribution in [3.63, 3.8) is 0 Å². The van der Waals surface area contributed by atoms with Crippen molar-refractivity contribution in [3.8, 4) is 0 Å². The third-order valence-electron chi connectivity index (χ3n) is 1.05. The van der Waals surface area contributed by atoms with Crippen LogP contribution in [0.4, 0.5) is 4.79 Å². The molecule has 84 valence electrons. The third kappa shape index (κ3) is 7.10. The second-order valence-corrected chi connectivity index (χ2v) is 5.52. The molecule has 0 bridgehead atoms. The molecule has 8 heteroatoms. The fourth-order valence-electron chi connectivity index (χ4n) is 0.531. The number of hydrogen-bond donors (Lipinski definition) is 2. The van der Waals surface area contributed by atoms with Crippen LogP contribution in [-0.4, -0.2) is 32.5 Å². The average molecular weight is 289 g/mol. The number of rotatable bonds is 5. The molecular weight excluding hydrogens is 276 g/mol. The molecule has 0 saturated heterocycles. The van der Waals surface area contributed by atoms with Crippen LogP contribution in [0, 0.1) is 0 Å². The van der Waals surface area contributed by atoms with E-state index in [1.165, 1.54) is 0 Å². The number of ether oxygens (including phenoxy) is 1. The third-order valence-corrected chi connectivity index (χ3v) is 2.35. The average Bonchev–Trinajstić information content (AvgIpc) is 2.00. The Morgan fingerprint density at radius 2 is 2.14 bits per heavy atom. The summed E-state index contributed by atoms with van der Waals surface area (Å²) in [5.41, 5.74) is 0. The van der Waals surface area contributed by atoms with Crippen LogP contribution >= 0.6 is 15.9 Å². The van der Waals surface area contributed by atoms with Gasteiger partial charge in [0.05, 0.1) is 6.61 Å². The smallest absolute Gasteiger partial charge is 0.421 e. The maximum absolute atomic E-state index is 11.1. The zero-order chi connectivity index (χ0) is 11.2. The Balaban J connectivity index is 4.01. The predicted molar refractivity (Wildman–Crippen MR) is 55.5 cm³/mol. The van der Waals surface area contributed by atoms with Gasteiger partial charge in [0.2, 0.25) is 0 Å². The molecule has 6 nitrogen and oxygen atoms in total. The van der Waals surface area contributed by atoms with Gasteiger partial charge in [-0.1, -0.05) is 22.9 Å². The summed E-state index contributed by atoms with van der Waals surface area (Å²) < 4.78 is 30.4. The van der Waals surface area contributed by atoms with Crippen LogP contribution in [0.1, 0.15) is 13.8 Å². The van der Waals surface area contributed by atoms with Crippen molar-refractivity contribution in [2.45, 2.75) is 18.7 Å². The molecule has 14 heavy (non-hydrogen) atoms. The minimum atomic E-state index is -3.80. The zero-order valence-electron chi connectivity index (χ0n) is 7.91. The first kappa shape index (κ1) is 13.7. The monoisotopic (exact) mass is 288 g/mol. The summed E-state index contributed by atoms with van der Waals surface area (Å²) in [5, 5.41) is 0. The van der Waals surface area contributed by atoms with E-state index in [0.29, 0.717) is 0 Å². The standard InChI is InChI=1S/C6H13BrN2O4S/c1-3-13-6(10)9-14(11,12)8-4-5(2)7/h5,8H,3-4H2,1-2H3,(H,9,10). The lowest BCUT2D eigenvalue weighted by molar-refractivity contribution is 0.158. The van der Waals surface area contributed by atoms with E-state index in [2.05, 4.69) is 25.4 Å². The van der Waals surface area contributed by atoms with Gasteiger partial charge in [0, 0.05) is 11.4 Å². The summed E-state index contributed by atoms with van der Waals surface area (Å²) in [5.74, 6) is 0. The van der Waals surface area contributed by atoms with Crippen molar-refractivity contribution < 1.29 is 17.9 Å². The van der Waals surface area contributed by atoms with Crippen LogP contribution in [0.3, 0.4) is 0 Å². The molecule has 0 aliphatic rings. The molecule has 0 saturated carbocycles. The van der Waals surface area contributed by atoms with Gasteiger partial charge in [-0.15, -0.1) is 0 Å². The number of alkyl halides is 1. The number of amides is 1. The number of hydrogen-bond acceptors (Lipinski definition) is 4. The van der Waals surface area contributed by atoms with Gasteiger partial charge in [-0.2, -0.15) is 13.1 Å². The fourth-order valence-corrected chi connectivity index (χ4v) is 1.73. The number of halogens is 1. The van der Waals surface area contributed by atoms with E-state index >= 15 is 0 Å². The SMILES string of the molecule is CCOC(=O)NS(=O)(=O)NCC(C)Br. The highest BCUT2D eigenvalue weighted by Crippen LogP contribution is 1.94. The molecule has 0 heterocycles. The highest BCUT2D eigenvalue weighted by Gasteiger charge is 2.14. The molecule has 0 aromatic carbocycles. The van der Waals surface area contributed by atoms with Crippen LogP contribution in [0.15, 0.2) is 0 Å². The lowest BCUT2D eigenvalue weighted by Crippen LogP contribution is -2.42. The zero-order valence-corrected chi connectivity index (χ0v) is 10.3. The van der Waals surface area contributed by atoms with E-state index in [-0.39, 0.29) is 18.0 Å². The van der Waals surface area contributed by atoms with Crippen molar-refractivity contribution in [2.75, 3.05) is 13.2 Å². The molecule has 1 atom stereocenters. The lowest BCUT2D eigenvalue weighted by Gasteiger charge is -2.08. The van der Waals surface area contributed by atoms with Crippen molar-refractivity contribution in [1.82, 2.24) is 9.44 Å². The van der Waals surface area contributed by atoms with Gasteiger partial charge >= 0.3 is 16.3 Å². The maximum Gasteiger partial charge on any atom is 0.421 e. The number of carbonyl (C=O) groups excluding carboxylic acids is 1. The summed E-state index contributed by atoms with van der Waals surface area (Å²) in [6, 6.07) is 0. The summed E-state index contributed by atoms with van der Waals surface area (Å²) in [6.07, 6.45) is -0.984. The minimum Gasteiger partial charge on any atom is -0.449 e. The van der Waals surface area contributed by atoms with E-state index in [1.807, 2.05) is 0 Å². The molecule has 1 amide bonds. The quantitative estimate of drug-likeness (QED) is 0.715. The number of nitrogens with one attached hydrogen (secondary N) is 2. The Bertz CT molecular complexity index is 278. The molecule has 0 rings (SSSR count). The second kappa shape index (κ2) is 6.20. The number of carbonyl (C=O) groups is 1. The van der Waals surface area contributed by atoms with E-state index in [1.54, 1.807) is 18.6 Å². The van der Waals surface area contributed by atoms with Crippen molar-refractivity contribution >= 4 is 32.2 Å². The summed E-state index contributed by atoms with van der Waals surface area (Å²) in [7, 11) is -3.80. The fraction of sp³-hybridized carbons (Fsp3) is 0.833. The molecule has 0 spiro atoms. The van der Waals surface area contributed by atoms with E-state index in [9.17, 15) is 13.2 Å². The van der Waals surface area contributed by atoms with Gasteiger partial charge in [0.15, 0.2) is 0 Å². The van der Waals surface area contributed by atoms with Crippen LogP contribution < -0.4 is 9.44 Å².